The number of urea groups is 1. The number of aromatic hydroxyl groups is 1. The standard InChI is InChI=1S/C24H19FN2O6/c1-9-7-16(28)19-14(20(9)29)8-13-10(17(19)11-3-2-4-15(25)21(11)30)5-6-12-18(13)23(32)27(22(12)31)24(26)33/h2-5,7,12-13,17-18,30H,6,8H2,1H3,(H2,26,33)/t12-,13+,17+,18-/m0/s1. The Morgan fingerprint density at radius 2 is 1.88 bits per heavy atom. The monoisotopic (exact) mass is 450 g/mol. The first-order valence-electron chi connectivity index (χ1n) is 10.5. The lowest BCUT2D eigenvalue weighted by atomic mass is 9.59. The fourth-order valence-corrected chi connectivity index (χ4v) is 5.72. The van der Waals surface area contributed by atoms with Gasteiger partial charge in [-0.3, -0.25) is 19.2 Å². The first kappa shape index (κ1) is 21.0. The van der Waals surface area contributed by atoms with Gasteiger partial charge in [-0.15, -0.1) is 0 Å². The van der Waals surface area contributed by atoms with E-state index < -0.39 is 58.9 Å². The molecule has 0 aromatic heterocycles. The molecule has 1 aromatic carbocycles. The van der Waals surface area contributed by atoms with Crippen molar-refractivity contribution in [1.29, 1.82) is 0 Å². The molecular weight excluding hydrogens is 431 g/mol. The highest BCUT2D eigenvalue weighted by Gasteiger charge is 2.57. The lowest BCUT2D eigenvalue weighted by molar-refractivity contribution is -0.136. The van der Waals surface area contributed by atoms with E-state index in [9.17, 15) is 33.5 Å². The molecule has 0 saturated carbocycles. The summed E-state index contributed by atoms with van der Waals surface area (Å²) in [6.45, 7) is 1.51. The fraction of sp³-hybridized carbons (Fsp3) is 0.292. The number of nitrogens with two attached hydrogens (primary N) is 1. The van der Waals surface area contributed by atoms with Crippen LogP contribution in [0.25, 0.3) is 0 Å². The number of primary amides is 1. The molecule has 0 unspecified atom stereocenters. The summed E-state index contributed by atoms with van der Waals surface area (Å²) in [6.07, 6.45) is 3.03. The number of phenols is 1. The molecular formula is C24H19FN2O6. The molecule has 1 heterocycles. The van der Waals surface area contributed by atoms with Crippen LogP contribution in [-0.2, 0) is 19.2 Å². The SMILES string of the molecule is CC1=CC(=O)C2=C(C[C@@H]3C(=CC[C@@H]4C(=O)N(C(N)=O)C(=O)[C@@H]43)[C@@H]2c2cccc(F)c2O)C1=O. The number of halogens is 1. The maximum atomic E-state index is 14.3. The molecule has 9 heteroatoms. The third-order valence-electron chi connectivity index (χ3n) is 7.11. The second kappa shape index (κ2) is 7.06. The summed E-state index contributed by atoms with van der Waals surface area (Å²) in [5, 5.41) is 10.5. The van der Waals surface area contributed by atoms with Crippen molar-refractivity contribution in [2.24, 2.45) is 23.5 Å². The van der Waals surface area contributed by atoms with Gasteiger partial charge in [0.1, 0.15) is 0 Å². The number of nitrogens with zero attached hydrogens (tertiary/aromatic N) is 1. The lowest BCUT2D eigenvalue weighted by Crippen LogP contribution is -2.42. The number of amides is 4. The van der Waals surface area contributed by atoms with E-state index in [-0.39, 0.29) is 40.9 Å². The average molecular weight is 450 g/mol. The number of imide groups is 3. The molecule has 4 aliphatic rings. The van der Waals surface area contributed by atoms with E-state index in [1.54, 1.807) is 6.08 Å². The molecule has 0 spiro atoms. The number of rotatable bonds is 1. The van der Waals surface area contributed by atoms with Crippen molar-refractivity contribution in [3.8, 4) is 5.75 Å². The van der Waals surface area contributed by atoms with Gasteiger partial charge >= 0.3 is 6.03 Å². The Bertz CT molecular complexity index is 1290. The molecule has 3 aliphatic carbocycles. The molecule has 0 bridgehead atoms. The minimum atomic E-state index is -1.17. The van der Waals surface area contributed by atoms with Crippen molar-refractivity contribution in [3.05, 3.63) is 64.0 Å². The third-order valence-corrected chi connectivity index (χ3v) is 7.11. The molecule has 1 fully saturated rings. The highest BCUT2D eigenvalue weighted by atomic mass is 19.1. The zero-order valence-corrected chi connectivity index (χ0v) is 17.5. The second-order valence-corrected chi connectivity index (χ2v) is 8.76. The Hall–Kier alpha value is -3.88. The van der Waals surface area contributed by atoms with Crippen molar-refractivity contribution < 1.29 is 33.5 Å². The Kier molecular flexibility index (Phi) is 4.49. The number of para-hydroxylation sites is 1. The van der Waals surface area contributed by atoms with E-state index in [2.05, 4.69) is 0 Å². The molecule has 33 heavy (non-hydrogen) atoms. The molecule has 4 amide bonds. The van der Waals surface area contributed by atoms with Crippen LogP contribution in [0.3, 0.4) is 0 Å². The zero-order chi connectivity index (χ0) is 23.8. The first-order chi connectivity index (χ1) is 15.6. The largest absolute Gasteiger partial charge is 0.505 e. The van der Waals surface area contributed by atoms with Crippen molar-refractivity contribution in [2.75, 3.05) is 0 Å². The summed E-state index contributed by atoms with van der Waals surface area (Å²) in [7, 11) is 0. The number of carbonyl (C=O) groups is 5. The van der Waals surface area contributed by atoms with Crippen LogP contribution < -0.4 is 5.73 Å². The number of allylic oxidation sites excluding steroid dienone is 6. The molecule has 0 radical (unpaired) electrons. The normalized spacial score (nSPS) is 28.8. The maximum Gasteiger partial charge on any atom is 0.328 e. The van der Waals surface area contributed by atoms with Crippen LogP contribution in [0.5, 0.6) is 5.75 Å². The molecule has 1 saturated heterocycles. The number of ketones is 2. The van der Waals surface area contributed by atoms with Crippen LogP contribution in [-0.4, -0.2) is 39.4 Å². The van der Waals surface area contributed by atoms with Crippen molar-refractivity contribution in [1.82, 2.24) is 4.90 Å². The number of hydrogen-bond donors (Lipinski definition) is 2. The van der Waals surface area contributed by atoms with Gasteiger partial charge in [0, 0.05) is 28.2 Å². The van der Waals surface area contributed by atoms with Crippen LogP contribution >= 0.6 is 0 Å². The van der Waals surface area contributed by atoms with Crippen molar-refractivity contribution in [3.63, 3.8) is 0 Å². The van der Waals surface area contributed by atoms with E-state index >= 15 is 0 Å². The number of hydrogen-bond acceptors (Lipinski definition) is 6. The Morgan fingerprint density at radius 3 is 2.58 bits per heavy atom. The van der Waals surface area contributed by atoms with Gasteiger partial charge in [-0.05, 0) is 37.8 Å². The molecule has 1 aromatic rings. The van der Waals surface area contributed by atoms with Gasteiger partial charge in [-0.1, -0.05) is 23.8 Å². The Morgan fingerprint density at radius 1 is 1.15 bits per heavy atom. The van der Waals surface area contributed by atoms with E-state index in [0.717, 1.165) is 6.07 Å². The number of Topliss-reactive ketones (excluding diaryl/α,β-unsaturated/α-hetero) is 1. The molecule has 4 atom stereocenters. The minimum Gasteiger partial charge on any atom is -0.505 e. The van der Waals surface area contributed by atoms with Gasteiger partial charge in [0.15, 0.2) is 23.1 Å². The number of phenolic OH excluding ortho intramolecular Hbond substituents is 1. The summed E-state index contributed by atoms with van der Waals surface area (Å²) in [4.78, 5) is 64.1. The predicted molar refractivity (Wildman–Crippen MR) is 111 cm³/mol. The molecule has 3 N–H and O–H groups in total. The zero-order valence-electron chi connectivity index (χ0n) is 17.5. The van der Waals surface area contributed by atoms with E-state index in [1.165, 1.54) is 25.1 Å². The number of fused-ring (bicyclic) bond motifs is 3. The fourth-order valence-electron chi connectivity index (χ4n) is 5.72. The third kappa shape index (κ3) is 2.78. The van der Waals surface area contributed by atoms with Crippen LogP contribution in [0.15, 0.2) is 52.6 Å². The van der Waals surface area contributed by atoms with Gasteiger partial charge in [-0.2, -0.15) is 4.90 Å². The quantitative estimate of drug-likeness (QED) is 0.382. The summed E-state index contributed by atoms with van der Waals surface area (Å²) >= 11 is 0. The van der Waals surface area contributed by atoms with Crippen LogP contribution in [0.2, 0.25) is 0 Å². The van der Waals surface area contributed by atoms with Crippen LogP contribution in [0.4, 0.5) is 9.18 Å². The summed E-state index contributed by atoms with van der Waals surface area (Å²) in [5.41, 5.74) is 6.43. The molecule has 168 valence electrons. The first-order valence-corrected chi connectivity index (χ1v) is 10.5. The number of likely N-dealkylation sites (tertiary alicyclic amines) is 1. The molecule has 5 rings (SSSR count). The summed E-state index contributed by atoms with van der Waals surface area (Å²) in [5.74, 6) is -7.24. The maximum absolute atomic E-state index is 14.3. The molecule has 8 nitrogen and oxygen atoms in total. The molecule has 1 aliphatic heterocycles. The minimum absolute atomic E-state index is 0.0102. The van der Waals surface area contributed by atoms with E-state index in [1.807, 2.05) is 0 Å². The topological polar surface area (TPSA) is 135 Å². The van der Waals surface area contributed by atoms with Crippen LogP contribution in [0.1, 0.15) is 31.2 Å². The van der Waals surface area contributed by atoms with Gasteiger partial charge in [0.05, 0.1) is 11.8 Å². The predicted octanol–water partition coefficient (Wildman–Crippen LogP) is 2.04. The Labute approximate surface area is 187 Å². The summed E-state index contributed by atoms with van der Waals surface area (Å²) in [6, 6.07) is 2.75. The van der Waals surface area contributed by atoms with Gasteiger partial charge < -0.3 is 10.8 Å². The Balaban J connectivity index is 1.73. The lowest BCUT2D eigenvalue weighted by Gasteiger charge is -2.42. The van der Waals surface area contributed by atoms with Gasteiger partial charge in [-0.25, -0.2) is 9.18 Å². The highest BCUT2D eigenvalue weighted by Crippen LogP contribution is 2.56. The highest BCUT2D eigenvalue weighted by molar-refractivity contribution is 6.24. The van der Waals surface area contributed by atoms with Crippen LogP contribution in [0, 0.1) is 23.6 Å². The summed E-state index contributed by atoms with van der Waals surface area (Å²) < 4.78 is 14.3. The number of carbonyl (C=O) groups excluding carboxylic acids is 5. The number of benzene rings is 1. The van der Waals surface area contributed by atoms with Crippen molar-refractivity contribution >= 4 is 29.4 Å². The van der Waals surface area contributed by atoms with E-state index in [4.69, 9.17) is 5.73 Å². The average Bonchev–Trinajstić information content (AvgIpc) is 3.03. The van der Waals surface area contributed by atoms with Crippen molar-refractivity contribution in [2.45, 2.75) is 25.7 Å². The second-order valence-electron chi connectivity index (χ2n) is 8.76. The smallest absolute Gasteiger partial charge is 0.328 e. The van der Waals surface area contributed by atoms with Gasteiger partial charge in [0.2, 0.25) is 11.8 Å². The van der Waals surface area contributed by atoms with E-state index in [0.29, 0.717) is 10.5 Å². The van der Waals surface area contributed by atoms with Gasteiger partial charge in [0.25, 0.3) is 0 Å².